The van der Waals surface area contributed by atoms with E-state index in [1.54, 1.807) is 30.2 Å². The molecule has 0 spiro atoms. The number of halogens is 1. The average molecular weight is 486 g/mol. The fraction of sp³-hybridized carbons (Fsp3) is 0.385. The van der Waals surface area contributed by atoms with Crippen molar-refractivity contribution in [2.24, 2.45) is 0 Å². The summed E-state index contributed by atoms with van der Waals surface area (Å²) in [5.41, 5.74) is 2.54. The summed E-state index contributed by atoms with van der Waals surface area (Å²) in [6.07, 6.45) is 3.29. The van der Waals surface area contributed by atoms with Crippen LogP contribution in [-0.2, 0) is 23.3 Å². The summed E-state index contributed by atoms with van der Waals surface area (Å²) in [6.45, 7) is 6.97. The number of anilines is 1. The zero-order valence-corrected chi connectivity index (χ0v) is 21.3. The second-order valence-electron chi connectivity index (χ2n) is 9.89. The first-order chi connectivity index (χ1) is 15.8. The average Bonchev–Trinajstić information content (AvgIpc) is 3.15. The number of hydrogen-bond donors (Lipinski definition) is 2. The van der Waals surface area contributed by atoms with Crippen molar-refractivity contribution < 1.29 is 19.8 Å². The number of nitrogens with zero attached hydrogens (tertiary/aromatic N) is 3. The standard InChI is InChI=1S/C26H32ClN3O4/c1-26(2,3)19-12-17(21(31)13-22(19)32)25(34)30-14-16-9-10-20(27)24(18(16)15-30)29(6)23(33)8-7-11-28(4)5/h7-10,12-13,31-32H,11,14-15H2,1-6H3/b8-7+. The number of hydrogen-bond acceptors (Lipinski definition) is 5. The summed E-state index contributed by atoms with van der Waals surface area (Å²) >= 11 is 6.49. The van der Waals surface area contributed by atoms with Gasteiger partial charge in [-0.05, 0) is 37.2 Å². The lowest BCUT2D eigenvalue weighted by Crippen LogP contribution is -2.28. The molecule has 34 heavy (non-hydrogen) atoms. The minimum atomic E-state index is -0.412. The minimum absolute atomic E-state index is 0.0530. The second kappa shape index (κ2) is 9.68. The largest absolute Gasteiger partial charge is 0.508 e. The number of rotatable bonds is 5. The van der Waals surface area contributed by atoms with Crippen molar-refractivity contribution in [3.8, 4) is 11.5 Å². The molecular formula is C26H32ClN3O4. The molecule has 2 amide bonds. The summed E-state index contributed by atoms with van der Waals surface area (Å²) in [6, 6.07) is 6.35. The molecule has 0 fully saturated rings. The Morgan fingerprint density at radius 3 is 2.38 bits per heavy atom. The first-order valence-corrected chi connectivity index (χ1v) is 11.4. The molecule has 0 radical (unpaired) electrons. The van der Waals surface area contributed by atoms with E-state index < -0.39 is 5.41 Å². The van der Waals surface area contributed by atoms with E-state index >= 15 is 0 Å². The van der Waals surface area contributed by atoms with E-state index in [1.807, 2.05) is 45.8 Å². The van der Waals surface area contributed by atoms with Gasteiger partial charge in [-0.25, -0.2) is 0 Å². The number of aromatic hydroxyl groups is 2. The van der Waals surface area contributed by atoms with Crippen LogP contribution in [0, 0.1) is 0 Å². The second-order valence-corrected chi connectivity index (χ2v) is 10.3. The van der Waals surface area contributed by atoms with Crippen molar-refractivity contribution in [3.63, 3.8) is 0 Å². The molecule has 7 nitrogen and oxygen atoms in total. The molecular weight excluding hydrogens is 454 g/mol. The number of amides is 2. The van der Waals surface area contributed by atoms with Crippen LogP contribution < -0.4 is 4.90 Å². The molecule has 8 heteroatoms. The maximum Gasteiger partial charge on any atom is 0.258 e. The molecule has 0 aliphatic carbocycles. The third-order valence-corrected chi connectivity index (χ3v) is 6.18. The third kappa shape index (κ3) is 5.21. The van der Waals surface area contributed by atoms with Crippen molar-refractivity contribution in [3.05, 3.63) is 63.7 Å². The fourth-order valence-corrected chi connectivity index (χ4v) is 4.34. The van der Waals surface area contributed by atoms with Crippen molar-refractivity contribution in [1.82, 2.24) is 9.80 Å². The molecule has 2 aromatic rings. The predicted molar refractivity (Wildman–Crippen MR) is 135 cm³/mol. The van der Waals surface area contributed by atoms with E-state index in [9.17, 15) is 19.8 Å². The first-order valence-electron chi connectivity index (χ1n) is 11.1. The Bertz CT molecular complexity index is 1150. The van der Waals surface area contributed by atoms with Crippen molar-refractivity contribution in [2.75, 3.05) is 32.6 Å². The number of phenols is 2. The lowest BCUT2D eigenvalue weighted by molar-refractivity contribution is -0.113. The van der Waals surface area contributed by atoms with E-state index in [0.717, 1.165) is 11.1 Å². The number of phenolic OH excluding ortho intramolecular Hbond substituents is 2. The van der Waals surface area contributed by atoms with Crippen LogP contribution in [0.3, 0.4) is 0 Å². The van der Waals surface area contributed by atoms with Gasteiger partial charge in [0, 0.05) is 50.0 Å². The topological polar surface area (TPSA) is 84.3 Å². The molecule has 0 atom stereocenters. The Labute approximate surface area is 205 Å². The van der Waals surface area contributed by atoms with Gasteiger partial charge in [-0.15, -0.1) is 0 Å². The highest BCUT2D eigenvalue weighted by Crippen LogP contribution is 2.40. The Morgan fingerprint density at radius 2 is 1.76 bits per heavy atom. The number of carbonyl (C=O) groups is 2. The molecule has 2 N–H and O–H groups in total. The minimum Gasteiger partial charge on any atom is -0.508 e. The Balaban J connectivity index is 1.91. The van der Waals surface area contributed by atoms with Crippen LogP contribution in [0.1, 0.15) is 47.8 Å². The summed E-state index contributed by atoms with van der Waals surface area (Å²) in [5.74, 6) is -0.903. The van der Waals surface area contributed by atoms with Crippen LogP contribution in [0.5, 0.6) is 11.5 Å². The molecule has 1 heterocycles. The van der Waals surface area contributed by atoms with E-state index in [2.05, 4.69) is 0 Å². The van der Waals surface area contributed by atoms with Crippen molar-refractivity contribution >= 4 is 29.1 Å². The molecule has 0 saturated carbocycles. The first kappa shape index (κ1) is 25.6. The van der Waals surface area contributed by atoms with Crippen molar-refractivity contribution in [1.29, 1.82) is 0 Å². The number of likely N-dealkylation sites (N-methyl/N-ethyl adjacent to an activating group) is 2. The van der Waals surface area contributed by atoms with Crippen LogP contribution in [-0.4, -0.2) is 59.5 Å². The Morgan fingerprint density at radius 1 is 1.09 bits per heavy atom. The van der Waals surface area contributed by atoms with E-state index in [0.29, 0.717) is 29.4 Å². The number of fused-ring (bicyclic) bond motifs is 1. The SMILES string of the molecule is CN(C)C/C=C/C(=O)N(C)c1c(Cl)ccc2c1CN(C(=O)c1cc(C(C)(C)C)c(O)cc1O)C2. The van der Waals surface area contributed by atoms with Gasteiger partial charge < -0.3 is 24.9 Å². The van der Waals surface area contributed by atoms with Gasteiger partial charge >= 0.3 is 0 Å². The smallest absolute Gasteiger partial charge is 0.258 e. The highest BCUT2D eigenvalue weighted by Gasteiger charge is 2.32. The molecule has 1 aliphatic rings. The zero-order valence-electron chi connectivity index (χ0n) is 20.5. The molecule has 182 valence electrons. The predicted octanol–water partition coefficient (Wildman–Crippen LogP) is 4.29. The molecule has 0 saturated heterocycles. The lowest BCUT2D eigenvalue weighted by atomic mass is 9.85. The molecule has 2 aromatic carbocycles. The van der Waals surface area contributed by atoms with Crippen LogP contribution >= 0.6 is 11.6 Å². The van der Waals surface area contributed by atoms with E-state index in [-0.39, 0.29) is 35.4 Å². The normalized spacial score (nSPS) is 13.6. The van der Waals surface area contributed by atoms with Gasteiger partial charge in [0.2, 0.25) is 5.91 Å². The molecule has 0 bridgehead atoms. The summed E-state index contributed by atoms with van der Waals surface area (Å²) in [4.78, 5) is 31.2. The van der Waals surface area contributed by atoms with Gasteiger partial charge in [0.25, 0.3) is 5.91 Å². The van der Waals surface area contributed by atoms with Gasteiger partial charge in [0.1, 0.15) is 11.5 Å². The maximum absolute atomic E-state index is 13.4. The number of carbonyl (C=O) groups excluding carboxylic acids is 2. The molecule has 1 aliphatic heterocycles. The van der Waals surface area contributed by atoms with Gasteiger partial charge in [-0.2, -0.15) is 0 Å². The van der Waals surface area contributed by atoms with Gasteiger partial charge in [0.05, 0.1) is 16.3 Å². The number of benzene rings is 2. The molecule has 3 rings (SSSR count). The Kier molecular flexibility index (Phi) is 7.29. The fourth-order valence-electron chi connectivity index (χ4n) is 4.04. The van der Waals surface area contributed by atoms with Crippen LogP contribution in [0.4, 0.5) is 5.69 Å². The summed E-state index contributed by atoms with van der Waals surface area (Å²) < 4.78 is 0. The van der Waals surface area contributed by atoms with Crippen LogP contribution in [0.2, 0.25) is 5.02 Å². The maximum atomic E-state index is 13.4. The van der Waals surface area contributed by atoms with Crippen LogP contribution in [0.25, 0.3) is 0 Å². The summed E-state index contributed by atoms with van der Waals surface area (Å²) in [5, 5.41) is 21.1. The highest BCUT2D eigenvalue weighted by molar-refractivity contribution is 6.34. The van der Waals surface area contributed by atoms with Crippen molar-refractivity contribution in [2.45, 2.75) is 39.3 Å². The Hall–Kier alpha value is -3.03. The van der Waals surface area contributed by atoms with E-state index in [4.69, 9.17) is 11.6 Å². The third-order valence-electron chi connectivity index (χ3n) is 5.88. The molecule has 0 unspecified atom stereocenters. The van der Waals surface area contributed by atoms with E-state index in [1.165, 1.54) is 17.0 Å². The van der Waals surface area contributed by atoms with Gasteiger partial charge in [0.15, 0.2) is 0 Å². The lowest BCUT2D eigenvalue weighted by Gasteiger charge is -2.23. The molecule has 0 aromatic heterocycles. The highest BCUT2D eigenvalue weighted by atomic mass is 35.5. The monoisotopic (exact) mass is 485 g/mol. The van der Waals surface area contributed by atoms with Crippen LogP contribution in [0.15, 0.2) is 36.4 Å². The zero-order chi connectivity index (χ0) is 25.4. The quantitative estimate of drug-likeness (QED) is 0.617. The van der Waals surface area contributed by atoms with Gasteiger partial charge in [-0.3, -0.25) is 9.59 Å². The van der Waals surface area contributed by atoms with Gasteiger partial charge in [-0.1, -0.05) is 44.5 Å². The summed E-state index contributed by atoms with van der Waals surface area (Å²) in [7, 11) is 5.50.